The maximum atomic E-state index is 2.22. The third-order valence-electron chi connectivity index (χ3n) is 2.56. The normalized spacial score (nSPS) is 10.5. The van der Waals surface area contributed by atoms with Gasteiger partial charge >= 0.3 is 0 Å². The van der Waals surface area contributed by atoms with Crippen LogP contribution in [0.15, 0.2) is 36.5 Å². The molecule has 0 aliphatic rings. The lowest BCUT2D eigenvalue weighted by Crippen LogP contribution is -1.90. The van der Waals surface area contributed by atoms with Gasteiger partial charge in [-0.2, -0.15) is 0 Å². The summed E-state index contributed by atoms with van der Waals surface area (Å²) in [6.45, 7) is 4.28. The smallest absolute Gasteiger partial charge is 0.0483 e. The minimum absolute atomic E-state index is 1.29. The van der Waals surface area contributed by atoms with Crippen LogP contribution in [0.1, 0.15) is 11.1 Å². The van der Waals surface area contributed by atoms with Gasteiger partial charge in [0.2, 0.25) is 0 Å². The SMILES string of the molecule is Cc1cc(-c2ccccc2C)n(C)c1. The van der Waals surface area contributed by atoms with Crippen LogP contribution in [-0.2, 0) is 7.05 Å². The van der Waals surface area contributed by atoms with Gasteiger partial charge in [0.05, 0.1) is 0 Å². The van der Waals surface area contributed by atoms with Crippen molar-refractivity contribution in [3.63, 3.8) is 0 Å². The summed E-state index contributed by atoms with van der Waals surface area (Å²) >= 11 is 0. The van der Waals surface area contributed by atoms with Crippen LogP contribution in [0.4, 0.5) is 0 Å². The zero-order chi connectivity index (χ0) is 10.1. The number of rotatable bonds is 1. The van der Waals surface area contributed by atoms with E-state index in [4.69, 9.17) is 0 Å². The summed E-state index contributed by atoms with van der Waals surface area (Å²) in [5, 5.41) is 0. The first kappa shape index (κ1) is 9.07. The Labute approximate surface area is 85.0 Å². The number of benzene rings is 1. The van der Waals surface area contributed by atoms with Gasteiger partial charge in [0.1, 0.15) is 0 Å². The minimum Gasteiger partial charge on any atom is -0.350 e. The van der Waals surface area contributed by atoms with Crippen LogP contribution in [-0.4, -0.2) is 4.57 Å². The molecular weight excluding hydrogens is 170 g/mol. The van der Waals surface area contributed by atoms with Crippen LogP contribution >= 0.6 is 0 Å². The average Bonchev–Trinajstić information content (AvgIpc) is 2.46. The molecule has 2 aromatic rings. The lowest BCUT2D eigenvalue weighted by atomic mass is 10.1. The summed E-state index contributed by atoms with van der Waals surface area (Å²) in [7, 11) is 2.09. The summed E-state index contributed by atoms with van der Waals surface area (Å²) in [5.74, 6) is 0. The van der Waals surface area contributed by atoms with E-state index in [1.165, 1.54) is 22.4 Å². The average molecular weight is 185 g/mol. The third-order valence-corrected chi connectivity index (χ3v) is 2.56. The molecule has 0 amide bonds. The Morgan fingerprint density at radius 3 is 2.36 bits per heavy atom. The van der Waals surface area contributed by atoms with E-state index >= 15 is 0 Å². The molecule has 0 spiro atoms. The van der Waals surface area contributed by atoms with Crippen LogP contribution in [0, 0.1) is 13.8 Å². The first-order chi connectivity index (χ1) is 6.68. The molecule has 0 unspecified atom stereocenters. The maximum Gasteiger partial charge on any atom is 0.0483 e. The van der Waals surface area contributed by atoms with Crippen molar-refractivity contribution >= 4 is 0 Å². The van der Waals surface area contributed by atoms with E-state index in [9.17, 15) is 0 Å². The van der Waals surface area contributed by atoms with Crippen molar-refractivity contribution in [3.8, 4) is 11.3 Å². The van der Waals surface area contributed by atoms with E-state index in [-0.39, 0.29) is 0 Å². The molecule has 1 aromatic heterocycles. The first-order valence-corrected chi connectivity index (χ1v) is 4.87. The van der Waals surface area contributed by atoms with Gasteiger partial charge in [-0.15, -0.1) is 0 Å². The Kier molecular flexibility index (Phi) is 2.16. The molecule has 0 aliphatic carbocycles. The molecule has 1 heterocycles. The Morgan fingerprint density at radius 2 is 1.79 bits per heavy atom. The lowest BCUT2D eigenvalue weighted by molar-refractivity contribution is 0.932. The second-order valence-electron chi connectivity index (χ2n) is 3.83. The maximum absolute atomic E-state index is 2.22. The van der Waals surface area contributed by atoms with E-state index < -0.39 is 0 Å². The highest BCUT2D eigenvalue weighted by Crippen LogP contribution is 2.24. The van der Waals surface area contributed by atoms with Crippen molar-refractivity contribution in [1.29, 1.82) is 0 Å². The summed E-state index contributed by atoms with van der Waals surface area (Å²) < 4.78 is 2.18. The monoisotopic (exact) mass is 185 g/mol. The molecule has 0 N–H and O–H groups in total. The van der Waals surface area contributed by atoms with Gasteiger partial charge in [-0.3, -0.25) is 0 Å². The molecule has 0 saturated heterocycles. The highest BCUT2D eigenvalue weighted by Gasteiger charge is 2.04. The number of hydrogen-bond acceptors (Lipinski definition) is 0. The number of hydrogen-bond donors (Lipinski definition) is 0. The van der Waals surface area contributed by atoms with Crippen molar-refractivity contribution in [2.45, 2.75) is 13.8 Å². The fourth-order valence-electron chi connectivity index (χ4n) is 1.86. The van der Waals surface area contributed by atoms with Crippen molar-refractivity contribution in [3.05, 3.63) is 47.7 Å². The van der Waals surface area contributed by atoms with Gasteiger partial charge < -0.3 is 4.57 Å². The Morgan fingerprint density at radius 1 is 1.07 bits per heavy atom. The summed E-state index contributed by atoms with van der Waals surface area (Å²) in [6.07, 6.45) is 2.15. The van der Waals surface area contributed by atoms with Crippen LogP contribution in [0.3, 0.4) is 0 Å². The zero-order valence-electron chi connectivity index (χ0n) is 8.91. The fourth-order valence-corrected chi connectivity index (χ4v) is 1.86. The van der Waals surface area contributed by atoms with Crippen LogP contribution < -0.4 is 0 Å². The molecule has 1 nitrogen and oxygen atoms in total. The topological polar surface area (TPSA) is 4.93 Å². The quantitative estimate of drug-likeness (QED) is 0.642. The largest absolute Gasteiger partial charge is 0.350 e. The molecule has 1 aromatic carbocycles. The van der Waals surface area contributed by atoms with Gasteiger partial charge in [-0.25, -0.2) is 0 Å². The van der Waals surface area contributed by atoms with Crippen molar-refractivity contribution in [2.24, 2.45) is 7.05 Å². The highest BCUT2D eigenvalue weighted by molar-refractivity contribution is 5.64. The second-order valence-corrected chi connectivity index (χ2v) is 3.83. The van der Waals surface area contributed by atoms with Gasteiger partial charge in [-0.1, -0.05) is 24.3 Å². The first-order valence-electron chi connectivity index (χ1n) is 4.87. The number of nitrogens with zero attached hydrogens (tertiary/aromatic N) is 1. The fraction of sp³-hybridized carbons (Fsp3) is 0.231. The lowest BCUT2D eigenvalue weighted by Gasteiger charge is -2.06. The van der Waals surface area contributed by atoms with Gasteiger partial charge in [-0.05, 0) is 31.0 Å². The molecule has 0 radical (unpaired) electrons. The Balaban J connectivity index is 2.60. The predicted molar refractivity (Wildman–Crippen MR) is 60.3 cm³/mol. The second kappa shape index (κ2) is 3.33. The summed E-state index contributed by atoms with van der Waals surface area (Å²) in [6, 6.07) is 10.7. The molecule has 2 rings (SSSR count). The van der Waals surface area contributed by atoms with Crippen LogP contribution in [0.25, 0.3) is 11.3 Å². The summed E-state index contributed by atoms with van der Waals surface area (Å²) in [5.41, 5.74) is 5.25. The molecular formula is C13H15N. The van der Waals surface area contributed by atoms with Crippen LogP contribution in [0.2, 0.25) is 0 Å². The highest BCUT2D eigenvalue weighted by atomic mass is 14.9. The van der Waals surface area contributed by atoms with E-state index in [0.717, 1.165) is 0 Å². The molecule has 72 valence electrons. The van der Waals surface area contributed by atoms with Gasteiger partial charge in [0.15, 0.2) is 0 Å². The minimum atomic E-state index is 1.29. The van der Waals surface area contributed by atoms with Crippen molar-refractivity contribution < 1.29 is 0 Å². The molecule has 14 heavy (non-hydrogen) atoms. The summed E-state index contributed by atoms with van der Waals surface area (Å²) in [4.78, 5) is 0. The standard InChI is InChI=1S/C13H15N/c1-10-8-13(14(3)9-10)12-7-5-4-6-11(12)2/h4-9H,1-3H3. The van der Waals surface area contributed by atoms with Crippen molar-refractivity contribution in [1.82, 2.24) is 4.57 Å². The number of aromatic nitrogens is 1. The van der Waals surface area contributed by atoms with E-state index in [0.29, 0.717) is 0 Å². The predicted octanol–water partition coefficient (Wildman–Crippen LogP) is 3.31. The third kappa shape index (κ3) is 1.46. The van der Waals surface area contributed by atoms with E-state index in [1.807, 2.05) is 0 Å². The van der Waals surface area contributed by atoms with Crippen LogP contribution in [0.5, 0.6) is 0 Å². The molecule has 0 fully saturated rings. The van der Waals surface area contributed by atoms with Gasteiger partial charge in [0.25, 0.3) is 0 Å². The van der Waals surface area contributed by atoms with E-state index in [1.54, 1.807) is 0 Å². The number of aryl methyl sites for hydroxylation is 3. The molecule has 1 heteroatoms. The molecule has 0 aliphatic heterocycles. The molecule has 0 saturated carbocycles. The van der Waals surface area contributed by atoms with Gasteiger partial charge in [0, 0.05) is 24.5 Å². The van der Waals surface area contributed by atoms with Crippen molar-refractivity contribution in [2.75, 3.05) is 0 Å². The molecule has 0 atom stereocenters. The van der Waals surface area contributed by atoms with E-state index in [2.05, 4.69) is 62.0 Å². The zero-order valence-corrected chi connectivity index (χ0v) is 8.91. The Hall–Kier alpha value is -1.50. The molecule has 0 bridgehead atoms. The Bertz CT molecular complexity index is 452.